The number of benzene rings is 1. The second-order valence-corrected chi connectivity index (χ2v) is 4.47. The second kappa shape index (κ2) is 6.17. The summed E-state index contributed by atoms with van der Waals surface area (Å²) in [5, 5.41) is 0. The van der Waals surface area contributed by atoms with Gasteiger partial charge in [0, 0.05) is 12.7 Å². The molecule has 0 bridgehead atoms. The van der Waals surface area contributed by atoms with Crippen LogP contribution in [0.4, 0.5) is 0 Å². The van der Waals surface area contributed by atoms with Crippen molar-refractivity contribution >= 4 is 0 Å². The van der Waals surface area contributed by atoms with Gasteiger partial charge in [0.05, 0.1) is 6.20 Å². The molecule has 3 nitrogen and oxygen atoms in total. The summed E-state index contributed by atoms with van der Waals surface area (Å²) in [6.07, 6.45) is 3.51. The number of pyridine rings is 1. The molecule has 3 heteroatoms. The lowest BCUT2D eigenvalue weighted by Gasteiger charge is -2.22. The van der Waals surface area contributed by atoms with E-state index in [1.54, 1.807) is 12.4 Å². The van der Waals surface area contributed by atoms with Gasteiger partial charge in [-0.05, 0) is 31.8 Å². The molecule has 18 heavy (non-hydrogen) atoms. The predicted molar refractivity (Wildman–Crippen MR) is 72.6 cm³/mol. The highest BCUT2D eigenvalue weighted by molar-refractivity contribution is 5.22. The van der Waals surface area contributed by atoms with E-state index in [0.717, 1.165) is 12.3 Å². The summed E-state index contributed by atoms with van der Waals surface area (Å²) >= 11 is 0. The van der Waals surface area contributed by atoms with Crippen molar-refractivity contribution in [1.82, 2.24) is 9.88 Å². The predicted octanol–water partition coefficient (Wildman–Crippen LogP) is 2.76. The van der Waals surface area contributed by atoms with Crippen molar-refractivity contribution in [3.05, 3.63) is 60.4 Å². The number of aromatic nitrogens is 1. The van der Waals surface area contributed by atoms with Gasteiger partial charge in [0.15, 0.2) is 0 Å². The van der Waals surface area contributed by atoms with Crippen LogP contribution in [0.3, 0.4) is 0 Å². The molecule has 0 saturated carbocycles. The average Bonchev–Trinajstić information content (AvgIpc) is 2.40. The molecule has 2 rings (SSSR count). The maximum absolute atomic E-state index is 6.01. The summed E-state index contributed by atoms with van der Waals surface area (Å²) in [6.45, 7) is 0.832. The molecule has 1 atom stereocenters. The molecule has 0 aliphatic heterocycles. The van der Waals surface area contributed by atoms with Crippen LogP contribution in [0.2, 0.25) is 0 Å². The van der Waals surface area contributed by atoms with Crippen LogP contribution in [0, 0.1) is 0 Å². The first kappa shape index (κ1) is 12.6. The minimum absolute atomic E-state index is 0.0189. The molecule has 0 spiro atoms. The molecule has 2 aromatic rings. The molecule has 1 aromatic carbocycles. The molecular formula is C15H18N2O. The molecule has 0 fully saturated rings. The third-order valence-corrected chi connectivity index (χ3v) is 2.62. The van der Waals surface area contributed by atoms with E-state index >= 15 is 0 Å². The lowest BCUT2D eigenvalue weighted by atomic mass is 10.1. The summed E-state index contributed by atoms with van der Waals surface area (Å²) in [5.74, 6) is 0.799. The van der Waals surface area contributed by atoms with E-state index in [2.05, 4.69) is 22.0 Å². The normalized spacial score (nSPS) is 12.4. The Bertz CT molecular complexity index is 456. The molecule has 0 aliphatic carbocycles. The molecule has 0 saturated heterocycles. The molecule has 1 unspecified atom stereocenters. The van der Waals surface area contributed by atoms with E-state index in [0.29, 0.717) is 0 Å². The van der Waals surface area contributed by atoms with E-state index in [1.165, 1.54) is 5.56 Å². The van der Waals surface area contributed by atoms with Gasteiger partial charge in [0.2, 0.25) is 0 Å². The van der Waals surface area contributed by atoms with Crippen LogP contribution in [-0.4, -0.2) is 30.5 Å². The van der Waals surface area contributed by atoms with Gasteiger partial charge in [-0.1, -0.05) is 30.3 Å². The van der Waals surface area contributed by atoms with Gasteiger partial charge in [0.1, 0.15) is 11.9 Å². The van der Waals surface area contributed by atoms with Crippen LogP contribution >= 0.6 is 0 Å². The van der Waals surface area contributed by atoms with Crippen molar-refractivity contribution in [1.29, 1.82) is 0 Å². The molecule has 0 aliphatic rings. The van der Waals surface area contributed by atoms with Crippen molar-refractivity contribution in [2.45, 2.75) is 6.10 Å². The number of hydrogen-bond donors (Lipinski definition) is 0. The van der Waals surface area contributed by atoms with Crippen LogP contribution in [0.1, 0.15) is 11.7 Å². The van der Waals surface area contributed by atoms with Crippen molar-refractivity contribution in [3.63, 3.8) is 0 Å². The van der Waals surface area contributed by atoms with E-state index in [4.69, 9.17) is 4.74 Å². The van der Waals surface area contributed by atoms with E-state index < -0.39 is 0 Å². The fraction of sp³-hybridized carbons (Fsp3) is 0.267. The van der Waals surface area contributed by atoms with Crippen LogP contribution in [0.5, 0.6) is 5.75 Å². The monoisotopic (exact) mass is 242 g/mol. The maximum atomic E-state index is 6.01. The first-order valence-electron chi connectivity index (χ1n) is 6.02. The first-order valence-corrected chi connectivity index (χ1v) is 6.02. The highest BCUT2D eigenvalue weighted by Gasteiger charge is 2.14. The van der Waals surface area contributed by atoms with Crippen molar-refractivity contribution < 1.29 is 4.74 Å². The van der Waals surface area contributed by atoms with E-state index in [9.17, 15) is 0 Å². The molecular weight excluding hydrogens is 224 g/mol. The standard InChI is InChI=1S/C15H18N2O/c1-17(2)12-15(13-7-4-3-5-8-13)18-14-9-6-10-16-11-14/h3-11,15H,12H2,1-2H3. The minimum atomic E-state index is 0.0189. The van der Waals surface area contributed by atoms with Crippen LogP contribution in [-0.2, 0) is 0 Å². The van der Waals surface area contributed by atoms with E-state index in [1.807, 2.05) is 44.4 Å². The largest absolute Gasteiger partial charge is 0.483 e. The fourth-order valence-electron chi connectivity index (χ4n) is 1.79. The Morgan fingerprint density at radius 2 is 1.89 bits per heavy atom. The van der Waals surface area contributed by atoms with Crippen molar-refractivity contribution in [3.8, 4) is 5.75 Å². The second-order valence-electron chi connectivity index (χ2n) is 4.47. The Kier molecular flexibility index (Phi) is 4.31. The van der Waals surface area contributed by atoms with Gasteiger partial charge in [-0.2, -0.15) is 0 Å². The highest BCUT2D eigenvalue weighted by atomic mass is 16.5. The Morgan fingerprint density at radius 1 is 1.11 bits per heavy atom. The molecule has 94 valence electrons. The van der Waals surface area contributed by atoms with Crippen LogP contribution in [0.15, 0.2) is 54.9 Å². The summed E-state index contributed by atoms with van der Waals surface area (Å²) < 4.78 is 6.01. The zero-order valence-electron chi connectivity index (χ0n) is 10.8. The molecule has 1 aromatic heterocycles. The zero-order chi connectivity index (χ0) is 12.8. The summed E-state index contributed by atoms with van der Waals surface area (Å²) in [4.78, 5) is 6.19. The summed E-state index contributed by atoms with van der Waals surface area (Å²) in [6, 6.07) is 14.1. The first-order chi connectivity index (χ1) is 8.75. The van der Waals surface area contributed by atoms with Crippen molar-refractivity contribution in [2.75, 3.05) is 20.6 Å². The Hall–Kier alpha value is -1.87. The Balaban J connectivity index is 2.16. The quantitative estimate of drug-likeness (QED) is 0.806. The maximum Gasteiger partial charge on any atom is 0.138 e. The van der Waals surface area contributed by atoms with Gasteiger partial charge in [-0.15, -0.1) is 0 Å². The molecule has 0 amide bonds. The van der Waals surface area contributed by atoms with Gasteiger partial charge < -0.3 is 9.64 Å². The number of rotatable bonds is 5. The van der Waals surface area contributed by atoms with Gasteiger partial charge in [-0.25, -0.2) is 0 Å². The van der Waals surface area contributed by atoms with Gasteiger partial charge in [0.25, 0.3) is 0 Å². The SMILES string of the molecule is CN(C)CC(Oc1cccnc1)c1ccccc1. The number of ether oxygens (including phenoxy) is 1. The summed E-state index contributed by atoms with van der Waals surface area (Å²) in [5.41, 5.74) is 1.18. The topological polar surface area (TPSA) is 25.4 Å². The van der Waals surface area contributed by atoms with Gasteiger partial charge >= 0.3 is 0 Å². The molecule has 0 N–H and O–H groups in total. The number of nitrogens with zero attached hydrogens (tertiary/aromatic N) is 2. The summed E-state index contributed by atoms with van der Waals surface area (Å²) in [7, 11) is 4.09. The van der Waals surface area contributed by atoms with Gasteiger partial charge in [-0.3, -0.25) is 4.98 Å². The molecule has 0 radical (unpaired) electrons. The molecule has 1 heterocycles. The zero-order valence-corrected chi connectivity index (χ0v) is 10.8. The van der Waals surface area contributed by atoms with Crippen LogP contribution < -0.4 is 4.74 Å². The smallest absolute Gasteiger partial charge is 0.138 e. The lowest BCUT2D eigenvalue weighted by Crippen LogP contribution is -2.24. The minimum Gasteiger partial charge on any atom is -0.483 e. The van der Waals surface area contributed by atoms with Crippen LogP contribution in [0.25, 0.3) is 0 Å². The van der Waals surface area contributed by atoms with Crippen molar-refractivity contribution in [2.24, 2.45) is 0 Å². The fourth-order valence-corrected chi connectivity index (χ4v) is 1.79. The third kappa shape index (κ3) is 3.57. The average molecular weight is 242 g/mol. The Morgan fingerprint density at radius 3 is 2.50 bits per heavy atom. The van der Waals surface area contributed by atoms with E-state index in [-0.39, 0.29) is 6.10 Å². The lowest BCUT2D eigenvalue weighted by molar-refractivity contribution is 0.161. The highest BCUT2D eigenvalue weighted by Crippen LogP contribution is 2.21. The third-order valence-electron chi connectivity index (χ3n) is 2.62. The Labute approximate surface area is 108 Å². The number of hydrogen-bond acceptors (Lipinski definition) is 3. The number of likely N-dealkylation sites (N-methyl/N-ethyl adjacent to an activating group) is 1.